The van der Waals surface area contributed by atoms with Crippen molar-refractivity contribution in [1.29, 1.82) is 0 Å². The van der Waals surface area contributed by atoms with Gasteiger partial charge in [0, 0.05) is 22.6 Å². The van der Waals surface area contributed by atoms with Crippen LogP contribution in [0, 0.1) is 5.82 Å². The molecule has 2 saturated heterocycles. The Morgan fingerprint density at radius 1 is 1.11 bits per heavy atom. The zero-order valence-corrected chi connectivity index (χ0v) is 25.0. The van der Waals surface area contributed by atoms with Crippen molar-refractivity contribution in [1.82, 2.24) is 10.7 Å². The van der Waals surface area contributed by atoms with E-state index in [9.17, 15) is 34.7 Å². The first-order valence-corrected chi connectivity index (χ1v) is 14.6. The number of phenolic OH excluding ortho intramolecular Hbond substituents is 1. The van der Waals surface area contributed by atoms with Crippen LogP contribution in [0.15, 0.2) is 47.1 Å². The molecule has 0 bridgehead atoms. The highest BCUT2D eigenvalue weighted by Crippen LogP contribution is 2.33. The van der Waals surface area contributed by atoms with Gasteiger partial charge in [0.2, 0.25) is 12.2 Å². The molecule has 0 radical (unpaired) electrons. The minimum Gasteiger partial charge on any atom is -0.504 e. The number of carbonyl (C=O) groups excluding carboxylic acids is 1. The van der Waals surface area contributed by atoms with E-state index in [4.69, 9.17) is 30.5 Å². The number of aliphatic hydroxyl groups is 4. The Kier molecular flexibility index (Phi) is 10.3. The molecule has 7 N–H and O–H groups in total. The van der Waals surface area contributed by atoms with Crippen LogP contribution in [0.25, 0.3) is 6.08 Å². The first kappa shape index (κ1) is 33.0. The number of nitrogens with one attached hydrogen (secondary N) is 2. The second-order valence-corrected chi connectivity index (χ2v) is 11.6. The lowest BCUT2D eigenvalue weighted by Gasteiger charge is -2.41. The van der Waals surface area contributed by atoms with Crippen molar-refractivity contribution in [3.05, 3.63) is 63.9 Å². The van der Waals surface area contributed by atoms with Gasteiger partial charge in [-0.25, -0.2) is 4.39 Å². The van der Waals surface area contributed by atoms with Gasteiger partial charge >= 0.3 is 0 Å². The molecule has 10 atom stereocenters. The zero-order chi connectivity index (χ0) is 32.4. The number of aromatic hydroxyl groups is 1. The van der Waals surface area contributed by atoms with Gasteiger partial charge in [-0.1, -0.05) is 17.7 Å². The number of hydrogen-bond donors (Lipinski definition) is 7. The Hall–Kier alpha value is -3.34. The Morgan fingerprint density at radius 2 is 1.84 bits per heavy atom. The monoisotopic (exact) mass is 651 g/mol. The molecule has 3 fully saturated rings. The molecule has 1 aliphatic carbocycles. The van der Waals surface area contributed by atoms with E-state index in [1.165, 1.54) is 49.5 Å². The van der Waals surface area contributed by atoms with Crippen LogP contribution >= 0.6 is 11.6 Å². The van der Waals surface area contributed by atoms with Crippen LogP contribution in [0.5, 0.6) is 11.5 Å². The van der Waals surface area contributed by atoms with E-state index in [1.807, 2.05) is 0 Å². The summed E-state index contributed by atoms with van der Waals surface area (Å²) < 4.78 is 35.6. The number of hydrogen-bond acceptors (Lipinski definition) is 12. The molecule has 2 heterocycles. The largest absolute Gasteiger partial charge is 0.504 e. The molecule has 1 saturated carbocycles. The minimum absolute atomic E-state index is 0.0854. The van der Waals surface area contributed by atoms with E-state index in [-0.39, 0.29) is 30.3 Å². The molecule has 1 unspecified atom stereocenters. The van der Waals surface area contributed by atoms with Crippen molar-refractivity contribution in [3.63, 3.8) is 0 Å². The van der Waals surface area contributed by atoms with Crippen LogP contribution in [0.2, 0.25) is 5.02 Å². The molecule has 3 aliphatic rings. The summed E-state index contributed by atoms with van der Waals surface area (Å²) in [5.74, 6) is -1.23. The average Bonchev–Trinajstić information content (AvgIpc) is 3.64. The molecule has 2 aromatic rings. The Bertz CT molecular complexity index is 1450. The van der Waals surface area contributed by atoms with Crippen molar-refractivity contribution < 1.29 is 53.7 Å². The number of halogens is 2. The number of phenols is 1. The molecule has 244 valence electrons. The predicted octanol–water partition coefficient (Wildman–Crippen LogP) is 0.777. The van der Waals surface area contributed by atoms with E-state index < -0.39 is 72.8 Å². The molecular formula is C30H35ClFN3O10. The van der Waals surface area contributed by atoms with E-state index in [0.29, 0.717) is 16.1 Å². The Morgan fingerprint density at radius 3 is 2.58 bits per heavy atom. The van der Waals surface area contributed by atoms with Crippen LogP contribution in [0.1, 0.15) is 31.4 Å². The van der Waals surface area contributed by atoms with Gasteiger partial charge in [0.25, 0.3) is 0 Å². The molecule has 1 amide bonds. The SMILES string of the molecule is CC(=Cc1ccc(O[C@H]2C[C@H](O)[C@@H](C(C)NN=Cc3cc(F)ccc3Cl)O2)c(O)c1)C(=O)N[C@@H]1[C@H](O)[C@@H](O)[C@H]2OCO[C@H]2[C@@H]1O. The van der Waals surface area contributed by atoms with Gasteiger partial charge in [-0.2, -0.15) is 5.10 Å². The Balaban J connectivity index is 1.15. The number of rotatable bonds is 9. The highest BCUT2D eigenvalue weighted by molar-refractivity contribution is 6.33. The standard InChI is InChI=1S/C30H35ClFN3O10/c1-13(30(41)34-23-24(38)26(40)29-28(25(23)39)42-12-43-29)7-15-3-6-21(19(36)8-15)44-22-10-20(37)27(45-22)14(2)35-33-11-16-9-17(32)4-5-18(16)31/h3-9,11,14,20,22-29,35-40H,10,12H2,1-2H3,(H,34,41)/t14?,20-,22+,23+,24-,25+,26+,27+,28-,29+/m0/s1. The number of hydrazone groups is 1. The van der Waals surface area contributed by atoms with Gasteiger partial charge in [0.05, 0.1) is 24.4 Å². The number of aliphatic hydroxyl groups excluding tert-OH is 4. The van der Waals surface area contributed by atoms with Crippen LogP contribution < -0.4 is 15.5 Å². The van der Waals surface area contributed by atoms with Crippen molar-refractivity contribution in [2.45, 2.75) is 81.4 Å². The summed E-state index contributed by atoms with van der Waals surface area (Å²) in [5.41, 5.74) is 3.85. The van der Waals surface area contributed by atoms with Crippen LogP contribution in [0.3, 0.4) is 0 Å². The number of carbonyl (C=O) groups is 1. The molecular weight excluding hydrogens is 617 g/mol. The maximum Gasteiger partial charge on any atom is 0.247 e. The lowest BCUT2D eigenvalue weighted by atomic mass is 9.83. The van der Waals surface area contributed by atoms with E-state index in [2.05, 4.69) is 15.8 Å². The maximum atomic E-state index is 13.5. The highest BCUT2D eigenvalue weighted by Gasteiger charge is 2.53. The first-order valence-electron chi connectivity index (χ1n) is 14.3. The second-order valence-electron chi connectivity index (χ2n) is 11.2. The Labute approximate surface area is 262 Å². The fourth-order valence-corrected chi connectivity index (χ4v) is 5.66. The summed E-state index contributed by atoms with van der Waals surface area (Å²) in [7, 11) is 0. The minimum atomic E-state index is -1.48. The molecule has 5 rings (SSSR count). The van der Waals surface area contributed by atoms with Crippen LogP contribution in [-0.2, 0) is 19.0 Å². The molecule has 2 aromatic carbocycles. The second kappa shape index (κ2) is 14.0. The summed E-state index contributed by atoms with van der Waals surface area (Å²) in [6.07, 6.45) is -5.50. The fourth-order valence-electron chi connectivity index (χ4n) is 5.49. The summed E-state index contributed by atoms with van der Waals surface area (Å²) >= 11 is 6.04. The lowest BCUT2D eigenvalue weighted by molar-refractivity contribution is -0.155. The number of benzene rings is 2. The van der Waals surface area contributed by atoms with E-state index in [1.54, 1.807) is 13.0 Å². The molecule has 0 spiro atoms. The summed E-state index contributed by atoms with van der Waals surface area (Å²) in [4.78, 5) is 12.9. The summed E-state index contributed by atoms with van der Waals surface area (Å²) in [6, 6.07) is 6.67. The van der Waals surface area contributed by atoms with Gasteiger partial charge in [0.1, 0.15) is 49.2 Å². The van der Waals surface area contributed by atoms with Crippen molar-refractivity contribution in [3.8, 4) is 11.5 Å². The normalized spacial score (nSPS) is 32.4. The number of ether oxygens (including phenoxy) is 4. The molecule has 13 nitrogen and oxygen atoms in total. The lowest BCUT2D eigenvalue weighted by Crippen LogP contribution is -2.67. The third-order valence-electron chi connectivity index (χ3n) is 7.94. The van der Waals surface area contributed by atoms with Gasteiger partial charge in [-0.05, 0) is 55.8 Å². The highest BCUT2D eigenvalue weighted by atomic mass is 35.5. The van der Waals surface area contributed by atoms with Gasteiger partial charge < -0.3 is 55.2 Å². The van der Waals surface area contributed by atoms with Gasteiger partial charge in [-0.3, -0.25) is 4.79 Å². The first-order chi connectivity index (χ1) is 21.4. The fraction of sp³-hybridized carbons (Fsp3) is 0.467. The van der Waals surface area contributed by atoms with Crippen LogP contribution in [-0.4, -0.2) is 106 Å². The third kappa shape index (κ3) is 7.39. The molecule has 45 heavy (non-hydrogen) atoms. The molecule has 2 aliphatic heterocycles. The number of fused-ring (bicyclic) bond motifs is 1. The van der Waals surface area contributed by atoms with Gasteiger partial charge in [-0.15, -0.1) is 0 Å². The number of amides is 1. The van der Waals surface area contributed by atoms with Gasteiger partial charge in [0.15, 0.2) is 11.5 Å². The maximum absolute atomic E-state index is 13.5. The van der Waals surface area contributed by atoms with Crippen molar-refractivity contribution >= 4 is 29.8 Å². The average molecular weight is 652 g/mol. The summed E-state index contributed by atoms with van der Waals surface area (Å²) in [5, 5.41) is 59.4. The smallest absolute Gasteiger partial charge is 0.247 e. The summed E-state index contributed by atoms with van der Waals surface area (Å²) in [6.45, 7) is 3.10. The quantitative estimate of drug-likeness (QED) is 0.115. The molecule has 15 heteroatoms. The third-order valence-corrected chi connectivity index (χ3v) is 8.28. The van der Waals surface area contributed by atoms with E-state index >= 15 is 0 Å². The topological polar surface area (TPSA) is 192 Å². The van der Waals surface area contributed by atoms with E-state index in [0.717, 1.165) is 0 Å². The molecule has 0 aromatic heterocycles. The van der Waals surface area contributed by atoms with Crippen LogP contribution in [0.4, 0.5) is 4.39 Å². The predicted molar refractivity (Wildman–Crippen MR) is 158 cm³/mol. The zero-order valence-electron chi connectivity index (χ0n) is 24.3. The van der Waals surface area contributed by atoms with Crippen molar-refractivity contribution in [2.75, 3.05) is 6.79 Å². The number of nitrogens with zero attached hydrogens (tertiary/aromatic N) is 1. The van der Waals surface area contributed by atoms with Crippen molar-refractivity contribution in [2.24, 2.45) is 5.10 Å².